The SMILES string of the molecule is COC(=O)Cc1cc(C(=O)c2ccccc2Cl)c(-n2c(C)nnc2CNC(=O)c2cc3ccccc3[nH]2)s1. The van der Waals surface area contributed by atoms with Crippen molar-refractivity contribution in [1.82, 2.24) is 25.1 Å². The van der Waals surface area contributed by atoms with Crippen LogP contribution in [0.3, 0.4) is 0 Å². The highest BCUT2D eigenvalue weighted by Gasteiger charge is 2.25. The maximum absolute atomic E-state index is 13.6. The summed E-state index contributed by atoms with van der Waals surface area (Å²) in [7, 11) is 1.31. The molecular formula is C27H22ClN5O4S. The minimum Gasteiger partial charge on any atom is -0.469 e. The molecule has 0 saturated heterocycles. The van der Waals surface area contributed by atoms with Gasteiger partial charge in [-0.3, -0.25) is 19.0 Å². The van der Waals surface area contributed by atoms with E-state index in [1.54, 1.807) is 47.9 Å². The predicted octanol–water partition coefficient (Wildman–Crippen LogP) is 4.65. The number of methoxy groups -OCH3 is 1. The third-order valence-corrected chi connectivity index (χ3v) is 7.40. The highest BCUT2D eigenvalue weighted by atomic mass is 35.5. The van der Waals surface area contributed by atoms with E-state index in [0.717, 1.165) is 10.9 Å². The highest BCUT2D eigenvalue weighted by Crippen LogP contribution is 2.32. The summed E-state index contributed by atoms with van der Waals surface area (Å²) in [5, 5.41) is 13.1. The second-order valence-electron chi connectivity index (χ2n) is 8.45. The van der Waals surface area contributed by atoms with E-state index in [2.05, 4.69) is 20.5 Å². The number of hydrogen-bond acceptors (Lipinski definition) is 7. The molecular weight excluding hydrogens is 526 g/mol. The Hall–Kier alpha value is -4.28. The van der Waals surface area contributed by atoms with E-state index in [-0.39, 0.29) is 24.7 Å². The molecule has 9 nitrogen and oxygen atoms in total. The number of para-hydroxylation sites is 1. The molecule has 38 heavy (non-hydrogen) atoms. The number of aromatic amines is 1. The Morgan fingerprint density at radius 3 is 2.58 bits per heavy atom. The Bertz CT molecular complexity index is 1650. The predicted molar refractivity (Wildman–Crippen MR) is 144 cm³/mol. The van der Waals surface area contributed by atoms with Crippen molar-refractivity contribution in [3.8, 4) is 5.00 Å². The Morgan fingerprint density at radius 2 is 1.82 bits per heavy atom. The van der Waals surface area contributed by atoms with Crippen LogP contribution in [0, 0.1) is 6.92 Å². The van der Waals surface area contributed by atoms with Gasteiger partial charge in [0.1, 0.15) is 16.5 Å². The number of thiophene rings is 1. The van der Waals surface area contributed by atoms with Crippen molar-refractivity contribution in [3.63, 3.8) is 0 Å². The van der Waals surface area contributed by atoms with Crippen LogP contribution in [0.2, 0.25) is 5.02 Å². The maximum atomic E-state index is 13.6. The molecule has 5 aromatic rings. The van der Waals surface area contributed by atoms with E-state index in [1.165, 1.54) is 18.4 Å². The van der Waals surface area contributed by atoms with Gasteiger partial charge >= 0.3 is 5.97 Å². The number of benzene rings is 2. The summed E-state index contributed by atoms with van der Waals surface area (Å²) in [5.74, 6) is -0.107. The lowest BCUT2D eigenvalue weighted by Gasteiger charge is -2.10. The summed E-state index contributed by atoms with van der Waals surface area (Å²) in [6, 6.07) is 17.8. The van der Waals surface area contributed by atoms with Crippen LogP contribution in [0.4, 0.5) is 0 Å². The lowest BCUT2D eigenvalue weighted by atomic mass is 10.0. The van der Waals surface area contributed by atoms with Gasteiger partial charge in [0.2, 0.25) is 0 Å². The monoisotopic (exact) mass is 547 g/mol. The smallest absolute Gasteiger partial charge is 0.310 e. The zero-order valence-electron chi connectivity index (χ0n) is 20.4. The number of halogens is 1. The molecule has 0 aliphatic carbocycles. The van der Waals surface area contributed by atoms with Gasteiger partial charge in [0, 0.05) is 21.3 Å². The molecule has 2 aromatic carbocycles. The lowest BCUT2D eigenvalue weighted by molar-refractivity contribution is -0.139. The first-order valence-electron chi connectivity index (χ1n) is 11.6. The van der Waals surface area contributed by atoms with Gasteiger partial charge in [0.25, 0.3) is 5.91 Å². The molecule has 0 atom stereocenters. The summed E-state index contributed by atoms with van der Waals surface area (Å²) in [5.41, 5.74) is 1.95. The number of nitrogens with zero attached hydrogens (tertiary/aromatic N) is 3. The average molecular weight is 548 g/mol. The summed E-state index contributed by atoms with van der Waals surface area (Å²) in [6.45, 7) is 1.80. The molecule has 0 bridgehead atoms. The van der Waals surface area contributed by atoms with Crippen molar-refractivity contribution in [2.24, 2.45) is 0 Å². The molecule has 0 fully saturated rings. The number of rotatable bonds is 8. The number of hydrogen-bond donors (Lipinski definition) is 2. The van der Waals surface area contributed by atoms with E-state index in [0.29, 0.717) is 43.4 Å². The number of nitrogens with one attached hydrogen (secondary N) is 2. The van der Waals surface area contributed by atoms with Crippen molar-refractivity contribution in [3.05, 3.63) is 99.0 Å². The zero-order valence-corrected chi connectivity index (χ0v) is 22.0. The maximum Gasteiger partial charge on any atom is 0.310 e. The fraction of sp³-hybridized carbons (Fsp3) is 0.148. The molecule has 11 heteroatoms. The number of fused-ring (bicyclic) bond motifs is 1. The minimum absolute atomic E-state index is 0.00239. The highest BCUT2D eigenvalue weighted by molar-refractivity contribution is 7.15. The molecule has 3 heterocycles. The van der Waals surface area contributed by atoms with Crippen molar-refractivity contribution < 1.29 is 19.1 Å². The second kappa shape index (κ2) is 10.6. The van der Waals surface area contributed by atoms with E-state index < -0.39 is 5.97 Å². The van der Waals surface area contributed by atoms with Crippen molar-refractivity contribution >= 4 is 51.5 Å². The third-order valence-electron chi connectivity index (χ3n) is 5.95. The number of esters is 1. The zero-order chi connectivity index (χ0) is 26.8. The molecule has 0 saturated carbocycles. The van der Waals surface area contributed by atoms with Crippen LogP contribution in [0.1, 0.15) is 42.9 Å². The van der Waals surface area contributed by atoms with Gasteiger partial charge in [0.05, 0.1) is 30.7 Å². The van der Waals surface area contributed by atoms with Gasteiger partial charge in [-0.15, -0.1) is 21.5 Å². The molecule has 1 amide bonds. The molecule has 192 valence electrons. The molecule has 0 aliphatic rings. The standard InChI is InChI=1S/C27H22ClN5O4S/c1-15-31-32-23(14-29-26(36)22-11-16-7-3-6-10-21(16)30-22)33(15)27-19(12-17(38-27)13-24(34)37-2)25(35)18-8-4-5-9-20(18)28/h3-12,30H,13-14H2,1-2H3,(H,29,36). The van der Waals surface area contributed by atoms with Crippen LogP contribution in [0.15, 0.2) is 60.7 Å². The third kappa shape index (κ3) is 4.96. The molecule has 0 radical (unpaired) electrons. The van der Waals surface area contributed by atoms with E-state index in [9.17, 15) is 14.4 Å². The van der Waals surface area contributed by atoms with Gasteiger partial charge in [-0.1, -0.05) is 41.9 Å². The van der Waals surface area contributed by atoms with Gasteiger partial charge in [-0.05, 0) is 37.3 Å². The first-order valence-corrected chi connectivity index (χ1v) is 12.8. The number of carbonyl (C=O) groups is 3. The van der Waals surface area contributed by atoms with E-state index in [1.807, 2.05) is 24.3 Å². The Morgan fingerprint density at radius 1 is 1.05 bits per heavy atom. The van der Waals surface area contributed by atoms with E-state index >= 15 is 0 Å². The second-order valence-corrected chi connectivity index (χ2v) is 9.97. The van der Waals surface area contributed by atoms with Crippen molar-refractivity contribution in [2.75, 3.05) is 7.11 Å². The first kappa shape index (κ1) is 25.4. The lowest BCUT2D eigenvalue weighted by Crippen LogP contribution is -2.25. The molecule has 0 unspecified atom stereocenters. The number of ketones is 1. The number of carbonyl (C=O) groups excluding carboxylic acids is 3. The van der Waals surface area contributed by atoms with Crippen LogP contribution >= 0.6 is 22.9 Å². The van der Waals surface area contributed by atoms with Crippen LogP contribution < -0.4 is 5.32 Å². The fourth-order valence-electron chi connectivity index (χ4n) is 4.09. The van der Waals surface area contributed by atoms with E-state index in [4.69, 9.17) is 16.3 Å². The molecule has 2 N–H and O–H groups in total. The normalized spacial score (nSPS) is 11.0. The largest absolute Gasteiger partial charge is 0.469 e. The number of H-pyrrole nitrogens is 1. The molecule has 0 spiro atoms. The fourth-order valence-corrected chi connectivity index (χ4v) is 5.51. The molecule has 0 aliphatic heterocycles. The van der Waals surface area contributed by atoms with Crippen molar-refractivity contribution in [2.45, 2.75) is 19.9 Å². The number of ether oxygens (including phenoxy) is 1. The summed E-state index contributed by atoms with van der Waals surface area (Å²) < 4.78 is 6.52. The quantitative estimate of drug-likeness (QED) is 0.216. The summed E-state index contributed by atoms with van der Waals surface area (Å²) in [4.78, 5) is 42.2. The average Bonchev–Trinajstić information content (AvgIpc) is 3.63. The van der Waals surface area contributed by atoms with Gasteiger partial charge in [0.15, 0.2) is 11.6 Å². The summed E-state index contributed by atoms with van der Waals surface area (Å²) >= 11 is 7.57. The van der Waals surface area contributed by atoms with Crippen molar-refractivity contribution in [1.29, 1.82) is 0 Å². The van der Waals surface area contributed by atoms with Crippen LogP contribution in [0.5, 0.6) is 0 Å². The molecule has 3 aromatic heterocycles. The van der Waals surface area contributed by atoms with Crippen LogP contribution in [0.25, 0.3) is 15.9 Å². The number of amides is 1. The van der Waals surface area contributed by atoms with Crippen LogP contribution in [-0.2, 0) is 22.5 Å². The van der Waals surface area contributed by atoms with Gasteiger partial charge in [-0.25, -0.2) is 0 Å². The number of aromatic nitrogens is 4. The Labute approximate surface area is 226 Å². The van der Waals surface area contributed by atoms with Gasteiger partial charge in [-0.2, -0.15) is 0 Å². The number of aryl methyl sites for hydroxylation is 1. The summed E-state index contributed by atoms with van der Waals surface area (Å²) in [6.07, 6.45) is -0.00239. The minimum atomic E-state index is -0.430. The Balaban J connectivity index is 1.49. The first-order chi connectivity index (χ1) is 18.4. The molecule has 5 rings (SSSR count). The van der Waals surface area contributed by atoms with Gasteiger partial charge < -0.3 is 15.0 Å². The van der Waals surface area contributed by atoms with Crippen LogP contribution in [-0.4, -0.2) is 44.5 Å². The Kier molecular flexibility index (Phi) is 7.08. The topological polar surface area (TPSA) is 119 Å².